The number of phenols is 1. The lowest BCUT2D eigenvalue weighted by Gasteiger charge is -2.39. The summed E-state index contributed by atoms with van der Waals surface area (Å²) in [7, 11) is 0. The van der Waals surface area contributed by atoms with E-state index in [2.05, 4.69) is 13.8 Å². The summed E-state index contributed by atoms with van der Waals surface area (Å²) in [6.07, 6.45) is 2.71. The third-order valence-corrected chi connectivity index (χ3v) is 3.92. The van der Waals surface area contributed by atoms with Crippen molar-refractivity contribution in [1.29, 1.82) is 0 Å². The van der Waals surface area contributed by atoms with Gasteiger partial charge in [-0.3, -0.25) is 4.79 Å². The first-order valence-electron chi connectivity index (χ1n) is 7.20. The zero-order chi connectivity index (χ0) is 14.8. The van der Waals surface area contributed by atoms with E-state index in [1.807, 2.05) is 17.0 Å². The van der Waals surface area contributed by atoms with Crippen LogP contribution < -0.4 is 5.73 Å². The molecule has 1 fully saturated rings. The van der Waals surface area contributed by atoms with Crippen molar-refractivity contribution >= 4 is 5.91 Å². The number of rotatable bonds is 3. The minimum atomic E-state index is -0.506. The molecule has 0 spiro atoms. The van der Waals surface area contributed by atoms with Crippen molar-refractivity contribution in [1.82, 2.24) is 4.90 Å². The second kappa shape index (κ2) is 5.83. The number of hydrogen-bond acceptors (Lipinski definition) is 3. The quantitative estimate of drug-likeness (QED) is 0.886. The lowest BCUT2D eigenvalue weighted by molar-refractivity contribution is -0.135. The Hall–Kier alpha value is -1.55. The van der Waals surface area contributed by atoms with E-state index in [9.17, 15) is 9.90 Å². The van der Waals surface area contributed by atoms with Crippen LogP contribution in [0, 0.1) is 5.41 Å². The van der Waals surface area contributed by atoms with Gasteiger partial charge in [0.05, 0.1) is 6.04 Å². The number of likely N-dealkylation sites (tertiary alicyclic amines) is 1. The number of piperidine rings is 1. The maximum absolute atomic E-state index is 12.4. The van der Waals surface area contributed by atoms with E-state index in [0.717, 1.165) is 31.5 Å². The smallest absolute Gasteiger partial charge is 0.239 e. The summed E-state index contributed by atoms with van der Waals surface area (Å²) < 4.78 is 0. The van der Waals surface area contributed by atoms with Crippen molar-refractivity contribution in [2.45, 2.75) is 39.2 Å². The molecule has 0 radical (unpaired) electrons. The van der Waals surface area contributed by atoms with Gasteiger partial charge in [0.15, 0.2) is 0 Å². The fourth-order valence-corrected chi connectivity index (χ4v) is 2.82. The van der Waals surface area contributed by atoms with Gasteiger partial charge in [0.1, 0.15) is 5.75 Å². The molecule has 20 heavy (non-hydrogen) atoms. The number of phenolic OH excluding ortho intramolecular Hbond substituents is 1. The fraction of sp³-hybridized carbons (Fsp3) is 0.562. The van der Waals surface area contributed by atoms with Crippen LogP contribution in [-0.2, 0) is 11.2 Å². The van der Waals surface area contributed by atoms with Gasteiger partial charge in [-0.25, -0.2) is 0 Å². The molecule has 0 aromatic heterocycles. The monoisotopic (exact) mass is 276 g/mol. The molecule has 1 aromatic carbocycles. The topological polar surface area (TPSA) is 66.6 Å². The van der Waals surface area contributed by atoms with E-state index in [0.29, 0.717) is 6.42 Å². The molecule has 1 aliphatic heterocycles. The number of hydrogen-bond donors (Lipinski definition) is 2. The van der Waals surface area contributed by atoms with Crippen molar-refractivity contribution in [2.75, 3.05) is 13.1 Å². The highest BCUT2D eigenvalue weighted by Crippen LogP contribution is 2.28. The molecule has 2 rings (SSSR count). The van der Waals surface area contributed by atoms with Crippen LogP contribution in [0.5, 0.6) is 5.75 Å². The highest BCUT2D eigenvalue weighted by Gasteiger charge is 2.31. The largest absolute Gasteiger partial charge is 0.508 e. The molecule has 110 valence electrons. The molecule has 3 N–H and O–H groups in total. The average Bonchev–Trinajstić information content (AvgIpc) is 2.39. The van der Waals surface area contributed by atoms with Crippen LogP contribution in [0.15, 0.2) is 24.3 Å². The Morgan fingerprint density at radius 2 is 2.05 bits per heavy atom. The molecular formula is C16H24N2O2. The number of amides is 1. The Labute approximate surface area is 120 Å². The second-order valence-corrected chi connectivity index (χ2v) is 6.50. The van der Waals surface area contributed by atoms with Crippen molar-refractivity contribution in [3.63, 3.8) is 0 Å². The predicted molar refractivity (Wildman–Crippen MR) is 79.4 cm³/mol. The Morgan fingerprint density at radius 3 is 2.65 bits per heavy atom. The Bertz CT molecular complexity index is 468. The summed E-state index contributed by atoms with van der Waals surface area (Å²) in [4.78, 5) is 14.3. The summed E-state index contributed by atoms with van der Waals surface area (Å²) in [6, 6.07) is 6.35. The number of aromatic hydroxyl groups is 1. The summed E-state index contributed by atoms with van der Waals surface area (Å²) in [5, 5.41) is 9.26. The van der Waals surface area contributed by atoms with Crippen LogP contribution in [0.4, 0.5) is 0 Å². The van der Waals surface area contributed by atoms with Crippen LogP contribution in [0.25, 0.3) is 0 Å². The average molecular weight is 276 g/mol. The minimum Gasteiger partial charge on any atom is -0.508 e. The van der Waals surface area contributed by atoms with Crippen molar-refractivity contribution in [3.05, 3.63) is 29.8 Å². The van der Waals surface area contributed by atoms with Gasteiger partial charge in [0.25, 0.3) is 0 Å². The van der Waals surface area contributed by atoms with Gasteiger partial charge >= 0.3 is 0 Å². The molecular weight excluding hydrogens is 252 g/mol. The van der Waals surface area contributed by atoms with Gasteiger partial charge in [-0.15, -0.1) is 0 Å². The number of nitrogens with two attached hydrogens (primary N) is 1. The third-order valence-electron chi connectivity index (χ3n) is 3.92. The summed E-state index contributed by atoms with van der Waals surface area (Å²) >= 11 is 0. The molecule has 1 atom stereocenters. The molecule has 1 saturated heterocycles. The van der Waals surface area contributed by atoms with Crippen molar-refractivity contribution in [2.24, 2.45) is 11.1 Å². The zero-order valence-electron chi connectivity index (χ0n) is 12.3. The molecule has 1 aliphatic rings. The van der Waals surface area contributed by atoms with Gasteiger partial charge in [0, 0.05) is 13.1 Å². The predicted octanol–water partition coefficient (Wildman–Crippen LogP) is 1.91. The highest BCUT2D eigenvalue weighted by atomic mass is 16.3. The lowest BCUT2D eigenvalue weighted by atomic mass is 9.84. The number of carbonyl (C=O) groups is 1. The molecule has 4 nitrogen and oxygen atoms in total. The maximum atomic E-state index is 12.4. The molecule has 1 heterocycles. The highest BCUT2D eigenvalue weighted by molar-refractivity contribution is 5.82. The van der Waals surface area contributed by atoms with Crippen LogP contribution in [-0.4, -0.2) is 35.0 Å². The van der Waals surface area contributed by atoms with E-state index in [4.69, 9.17) is 5.73 Å². The Kier molecular flexibility index (Phi) is 4.33. The summed E-state index contributed by atoms with van der Waals surface area (Å²) in [5.74, 6) is 0.261. The normalized spacial score (nSPS) is 19.6. The van der Waals surface area contributed by atoms with Crippen LogP contribution in [0.1, 0.15) is 32.3 Å². The van der Waals surface area contributed by atoms with Gasteiger partial charge in [0.2, 0.25) is 5.91 Å². The van der Waals surface area contributed by atoms with E-state index in [-0.39, 0.29) is 17.1 Å². The van der Waals surface area contributed by atoms with E-state index >= 15 is 0 Å². The lowest BCUT2D eigenvalue weighted by Crippen LogP contribution is -2.50. The molecule has 0 saturated carbocycles. The van der Waals surface area contributed by atoms with E-state index in [1.165, 1.54) is 0 Å². The first kappa shape index (κ1) is 14.9. The van der Waals surface area contributed by atoms with Crippen LogP contribution in [0.2, 0.25) is 0 Å². The van der Waals surface area contributed by atoms with Crippen LogP contribution >= 0.6 is 0 Å². The molecule has 1 amide bonds. The third kappa shape index (κ3) is 3.73. The maximum Gasteiger partial charge on any atom is 0.239 e. The molecule has 4 heteroatoms. The van der Waals surface area contributed by atoms with Gasteiger partial charge in [-0.2, -0.15) is 0 Å². The molecule has 1 unspecified atom stereocenters. The number of nitrogens with zero attached hydrogens (tertiary/aromatic N) is 1. The van der Waals surface area contributed by atoms with Gasteiger partial charge in [-0.1, -0.05) is 26.0 Å². The molecule has 0 bridgehead atoms. The first-order valence-corrected chi connectivity index (χ1v) is 7.20. The minimum absolute atomic E-state index is 0.0332. The Balaban J connectivity index is 1.96. The summed E-state index contributed by atoms with van der Waals surface area (Å²) in [6.45, 7) is 5.98. The van der Waals surface area contributed by atoms with Crippen molar-refractivity contribution in [3.8, 4) is 5.75 Å². The van der Waals surface area contributed by atoms with Crippen LogP contribution in [0.3, 0.4) is 0 Å². The zero-order valence-corrected chi connectivity index (χ0v) is 12.3. The molecule has 1 aromatic rings. The van der Waals surface area contributed by atoms with Crippen molar-refractivity contribution < 1.29 is 9.90 Å². The van der Waals surface area contributed by atoms with E-state index in [1.54, 1.807) is 12.1 Å². The van der Waals surface area contributed by atoms with E-state index < -0.39 is 6.04 Å². The second-order valence-electron chi connectivity index (χ2n) is 6.50. The summed E-state index contributed by atoms with van der Waals surface area (Å²) in [5.41, 5.74) is 7.21. The van der Waals surface area contributed by atoms with Gasteiger partial charge in [-0.05, 0) is 42.4 Å². The fourth-order valence-electron chi connectivity index (χ4n) is 2.82. The Morgan fingerprint density at radius 1 is 1.40 bits per heavy atom. The molecule has 0 aliphatic carbocycles. The SMILES string of the molecule is CC1(C)CCCN(C(=O)C(N)Cc2ccc(O)cc2)C1. The standard InChI is InChI=1S/C16H24N2O2/c1-16(2)8-3-9-18(11-16)15(20)14(17)10-12-4-6-13(19)7-5-12/h4-7,14,19H,3,8-11,17H2,1-2H3. The number of carbonyl (C=O) groups excluding carboxylic acids is 1. The number of benzene rings is 1. The van der Waals surface area contributed by atoms with Gasteiger partial charge < -0.3 is 15.7 Å². The first-order chi connectivity index (χ1) is 9.37.